The standard InChI is InChI=1S/C11H17N3O4/c1-7-6-8(14-18-7)13-9(15)4-5-12-11(2,3)10(16)17/h6,12H,4-5H2,1-3H3,(H,16,17)(H,13,14,15). The van der Waals surface area contributed by atoms with Crippen LogP contribution in [0.15, 0.2) is 10.6 Å². The van der Waals surface area contributed by atoms with Crippen molar-refractivity contribution in [1.82, 2.24) is 10.5 Å². The minimum absolute atomic E-state index is 0.155. The molecule has 3 N–H and O–H groups in total. The van der Waals surface area contributed by atoms with Crippen LogP contribution in [0.4, 0.5) is 5.82 Å². The maximum Gasteiger partial charge on any atom is 0.323 e. The second-order valence-corrected chi connectivity index (χ2v) is 4.48. The highest BCUT2D eigenvalue weighted by Crippen LogP contribution is 2.07. The molecule has 0 aliphatic rings. The van der Waals surface area contributed by atoms with E-state index in [1.54, 1.807) is 13.0 Å². The van der Waals surface area contributed by atoms with Gasteiger partial charge in [-0.15, -0.1) is 0 Å². The van der Waals surface area contributed by atoms with Gasteiger partial charge in [-0.2, -0.15) is 0 Å². The Morgan fingerprint density at radius 2 is 2.17 bits per heavy atom. The van der Waals surface area contributed by atoms with Gasteiger partial charge >= 0.3 is 5.97 Å². The molecule has 18 heavy (non-hydrogen) atoms. The summed E-state index contributed by atoms with van der Waals surface area (Å²) in [6.07, 6.45) is 0.155. The van der Waals surface area contributed by atoms with Crippen molar-refractivity contribution in [2.45, 2.75) is 32.7 Å². The number of carbonyl (C=O) groups is 2. The average Bonchev–Trinajstić information content (AvgIpc) is 2.63. The number of nitrogens with one attached hydrogen (secondary N) is 2. The Hall–Kier alpha value is -1.89. The van der Waals surface area contributed by atoms with E-state index in [0.29, 0.717) is 11.6 Å². The van der Waals surface area contributed by atoms with Crippen molar-refractivity contribution >= 4 is 17.7 Å². The molecule has 0 saturated heterocycles. The van der Waals surface area contributed by atoms with Gasteiger partial charge in [0.15, 0.2) is 5.82 Å². The van der Waals surface area contributed by atoms with Crippen LogP contribution in [0, 0.1) is 6.92 Å². The van der Waals surface area contributed by atoms with E-state index in [9.17, 15) is 9.59 Å². The van der Waals surface area contributed by atoms with E-state index in [1.165, 1.54) is 13.8 Å². The number of aromatic nitrogens is 1. The molecular weight excluding hydrogens is 238 g/mol. The van der Waals surface area contributed by atoms with Crippen LogP contribution in [-0.2, 0) is 9.59 Å². The SMILES string of the molecule is Cc1cc(NC(=O)CCNC(C)(C)C(=O)O)no1. The zero-order valence-corrected chi connectivity index (χ0v) is 10.6. The zero-order valence-electron chi connectivity index (χ0n) is 10.6. The monoisotopic (exact) mass is 255 g/mol. The van der Waals surface area contributed by atoms with Crippen LogP contribution < -0.4 is 10.6 Å². The molecule has 0 aliphatic heterocycles. The first-order valence-corrected chi connectivity index (χ1v) is 5.53. The number of rotatable bonds is 6. The van der Waals surface area contributed by atoms with Crippen LogP contribution in [0.1, 0.15) is 26.0 Å². The summed E-state index contributed by atoms with van der Waals surface area (Å²) in [4.78, 5) is 22.3. The van der Waals surface area contributed by atoms with Crippen LogP contribution in [0.5, 0.6) is 0 Å². The Labute approximate surface area is 105 Å². The van der Waals surface area contributed by atoms with Crippen molar-refractivity contribution in [2.75, 3.05) is 11.9 Å². The predicted octanol–water partition coefficient (Wildman–Crippen LogP) is 0.764. The normalized spacial score (nSPS) is 11.3. The van der Waals surface area contributed by atoms with E-state index in [1.807, 2.05) is 0 Å². The third kappa shape index (κ3) is 4.17. The highest BCUT2D eigenvalue weighted by Gasteiger charge is 2.25. The number of carboxylic acids is 1. The summed E-state index contributed by atoms with van der Waals surface area (Å²) >= 11 is 0. The number of aryl methyl sites for hydroxylation is 1. The lowest BCUT2D eigenvalue weighted by atomic mass is 10.1. The van der Waals surface area contributed by atoms with Crippen molar-refractivity contribution in [1.29, 1.82) is 0 Å². The van der Waals surface area contributed by atoms with Gasteiger partial charge in [-0.05, 0) is 20.8 Å². The molecule has 1 heterocycles. The molecule has 0 saturated carbocycles. The molecule has 0 fully saturated rings. The molecule has 100 valence electrons. The minimum atomic E-state index is -1.05. The fourth-order valence-corrected chi connectivity index (χ4v) is 1.19. The van der Waals surface area contributed by atoms with Gasteiger partial charge in [0, 0.05) is 19.0 Å². The van der Waals surface area contributed by atoms with Crippen molar-refractivity contribution in [3.8, 4) is 0 Å². The lowest BCUT2D eigenvalue weighted by Gasteiger charge is -2.20. The van der Waals surface area contributed by atoms with Crippen LogP contribution in [0.2, 0.25) is 0 Å². The van der Waals surface area contributed by atoms with Gasteiger partial charge in [0.25, 0.3) is 0 Å². The minimum Gasteiger partial charge on any atom is -0.480 e. The smallest absolute Gasteiger partial charge is 0.323 e. The number of nitrogens with zero attached hydrogens (tertiary/aromatic N) is 1. The fraction of sp³-hybridized carbons (Fsp3) is 0.545. The largest absolute Gasteiger partial charge is 0.480 e. The first-order valence-electron chi connectivity index (χ1n) is 5.53. The van der Waals surface area contributed by atoms with Crippen molar-refractivity contribution in [3.63, 3.8) is 0 Å². The Balaban J connectivity index is 2.32. The summed E-state index contributed by atoms with van der Waals surface area (Å²) in [7, 11) is 0. The topological polar surface area (TPSA) is 104 Å². The lowest BCUT2D eigenvalue weighted by Crippen LogP contribution is -2.47. The highest BCUT2D eigenvalue weighted by atomic mass is 16.5. The maximum absolute atomic E-state index is 11.5. The molecule has 1 rings (SSSR count). The number of hydrogen-bond donors (Lipinski definition) is 3. The molecule has 0 atom stereocenters. The van der Waals surface area contributed by atoms with Gasteiger partial charge in [-0.1, -0.05) is 5.16 Å². The summed E-state index contributed by atoms with van der Waals surface area (Å²) in [5.41, 5.74) is -1.05. The number of aliphatic carboxylic acids is 1. The Bertz CT molecular complexity index is 439. The van der Waals surface area contributed by atoms with Crippen molar-refractivity contribution < 1.29 is 19.2 Å². The summed E-state index contributed by atoms with van der Waals surface area (Å²) in [6.45, 7) is 5.06. The van der Waals surface area contributed by atoms with Crippen molar-refractivity contribution in [3.05, 3.63) is 11.8 Å². The zero-order chi connectivity index (χ0) is 13.8. The van der Waals surface area contributed by atoms with Gasteiger partial charge < -0.3 is 20.3 Å². The first-order chi connectivity index (χ1) is 8.31. The van der Waals surface area contributed by atoms with Gasteiger partial charge in [0.2, 0.25) is 5.91 Å². The van der Waals surface area contributed by atoms with Gasteiger partial charge in [-0.3, -0.25) is 9.59 Å². The third-order valence-corrected chi connectivity index (χ3v) is 2.35. The molecule has 1 aromatic rings. The molecule has 7 nitrogen and oxygen atoms in total. The summed E-state index contributed by atoms with van der Waals surface area (Å²) < 4.78 is 4.80. The van der Waals surface area contributed by atoms with Crippen LogP contribution in [0.25, 0.3) is 0 Å². The van der Waals surface area contributed by atoms with E-state index in [0.717, 1.165) is 0 Å². The molecule has 0 radical (unpaired) electrons. The molecular formula is C11H17N3O4. The van der Waals surface area contributed by atoms with Crippen molar-refractivity contribution in [2.24, 2.45) is 0 Å². The van der Waals surface area contributed by atoms with Crippen LogP contribution >= 0.6 is 0 Å². The summed E-state index contributed by atoms with van der Waals surface area (Å²) in [6, 6.07) is 1.60. The van der Waals surface area contributed by atoms with E-state index < -0.39 is 11.5 Å². The van der Waals surface area contributed by atoms with E-state index in [-0.39, 0.29) is 18.9 Å². The average molecular weight is 255 g/mol. The molecule has 7 heteroatoms. The molecule has 0 spiro atoms. The highest BCUT2D eigenvalue weighted by molar-refractivity contribution is 5.89. The van der Waals surface area contributed by atoms with E-state index >= 15 is 0 Å². The van der Waals surface area contributed by atoms with E-state index in [2.05, 4.69) is 15.8 Å². The maximum atomic E-state index is 11.5. The Morgan fingerprint density at radius 3 is 2.67 bits per heavy atom. The summed E-state index contributed by atoms with van der Waals surface area (Å²) in [5, 5.41) is 17.8. The number of amides is 1. The lowest BCUT2D eigenvalue weighted by molar-refractivity contribution is -0.143. The van der Waals surface area contributed by atoms with Gasteiger partial charge in [-0.25, -0.2) is 0 Å². The van der Waals surface area contributed by atoms with Gasteiger partial charge in [0.1, 0.15) is 11.3 Å². The van der Waals surface area contributed by atoms with Crippen LogP contribution in [0.3, 0.4) is 0 Å². The second-order valence-electron chi connectivity index (χ2n) is 4.48. The number of hydrogen-bond acceptors (Lipinski definition) is 5. The Morgan fingerprint density at radius 1 is 1.50 bits per heavy atom. The molecule has 0 bridgehead atoms. The molecule has 0 unspecified atom stereocenters. The molecule has 0 aromatic carbocycles. The first kappa shape index (κ1) is 14.2. The fourth-order valence-electron chi connectivity index (χ4n) is 1.19. The molecule has 1 aromatic heterocycles. The number of anilines is 1. The molecule has 0 aliphatic carbocycles. The second kappa shape index (κ2) is 5.63. The number of carbonyl (C=O) groups excluding carboxylic acids is 1. The van der Waals surface area contributed by atoms with Crippen LogP contribution in [-0.4, -0.2) is 34.2 Å². The third-order valence-electron chi connectivity index (χ3n) is 2.35. The quantitative estimate of drug-likeness (QED) is 0.693. The Kier molecular flexibility index (Phi) is 4.43. The molecule has 1 amide bonds. The predicted molar refractivity (Wildman–Crippen MR) is 64.2 cm³/mol. The van der Waals surface area contributed by atoms with E-state index in [4.69, 9.17) is 9.63 Å². The summed E-state index contributed by atoms with van der Waals surface area (Å²) in [5.74, 6) is -0.252. The van der Waals surface area contributed by atoms with Gasteiger partial charge in [0.05, 0.1) is 0 Å². The number of carboxylic acid groups (broad SMARTS) is 1.